The molecule has 104 valence electrons. The number of piperidine rings is 1. The normalized spacial score (nSPS) is 15.6. The molecule has 0 amide bonds. The molecule has 1 saturated heterocycles. The number of carbonyl (C=O) groups is 1. The van der Waals surface area contributed by atoms with Crippen molar-refractivity contribution in [2.24, 2.45) is 0 Å². The van der Waals surface area contributed by atoms with E-state index in [1.165, 1.54) is 19.3 Å². The van der Waals surface area contributed by atoms with E-state index in [2.05, 4.69) is 27.4 Å². The third-order valence-corrected chi connectivity index (χ3v) is 3.82. The number of nitrogens with zero attached hydrogens (tertiary/aromatic N) is 1. The Kier molecular flexibility index (Phi) is 6.76. The molecule has 1 aliphatic heterocycles. The second-order valence-corrected chi connectivity index (χ2v) is 5.69. The number of rotatable bonds is 4. The predicted octanol–water partition coefficient (Wildman–Crippen LogP) is 4.10. The van der Waals surface area contributed by atoms with Crippen molar-refractivity contribution in [3.05, 3.63) is 46.5 Å². The van der Waals surface area contributed by atoms with Crippen LogP contribution in [0.1, 0.15) is 29.6 Å². The third-order valence-electron chi connectivity index (χ3n) is 3.29. The smallest absolute Gasteiger partial charge is 0.189 e. The van der Waals surface area contributed by atoms with Crippen LogP contribution in [0, 0.1) is 0 Å². The van der Waals surface area contributed by atoms with Crippen molar-refractivity contribution in [1.29, 1.82) is 0 Å². The molecule has 0 saturated carbocycles. The summed E-state index contributed by atoms with van der Waals surface area (Å²) >= 11 is 3.37. The molecule has 1 aliphatic rings. The Labute approximate surface area is 129 Å². The summed E-state index contributed by atoms with van der Waals surface area (Å²) in [7, 11) is 0. The number of Topliss-reactive ketones (excluding diaryl/α,β-unsaturated/α-hetero) is 1. The minimum absolute atomic E-state index is 0. The summed E-state index contributed by atoms with van der Waals surface area (Å²) in [6, 6.07) is 7.46. The minimum Gasteiger partial charge on any atom is -0.299 e. The molecule has 2 nitrogen and oxygen atoms in total. The molecule has 0 aliphatic carbocycles. The second-order valence-electron chi connectivity index (χ2n) is 4.78. The molecular formula is C15H19BrClNO. The Bertz CT molecular complexity index is 438. The molecule has 0 radical (unpaired) electrons. The molecule has 0 atom stereocenters. The lowest BCUT2D eigenvalue weighted by molar-refractivity contribution is 0.102. The van der Waals surface area contributed by atoms with Crippen LogP contribution in [0.2, 0.25) is 0 Å². The number of hydrogen-bond donors (Lipinski definition) is 0. The standard InChI is InChI=1S/C15H18BrNO.ClH/c1-12(11-17-9-3-2-4-10-17)15(18)13-5-7-14(16)8-6-13;/h5-8H,1-4,9-11H2;1H. The Hall–Kier alpha value is -0.640. The topological polar surface area (TPSA) is 20.3 Å². The molecule has 0 spiro atoms. The highest BCUT2D eigenvalue weighted by Gasteiger charge is 2.15. The fourth-order valence-corrected chi connectivity index (χ4v) is 2.53. The molecule has 19 heavy (non-hydrogen) atoms. The molecule has 2 rings (SSSR count). The highest BCUT2D eigenvalue weighted by Crippen LogP contribution is 2.15. The summed E-state index contributed by atoms with van der Waals surface area (Å²) < 4.78 is 0.987. The zero-order valence-electron chi connectivity index (χ0n) is 10.9. The van der Waals surface area contributed by atoms with Gasteiger partial charge in [0.05, 0.1) is 0 Å². The fourth-order valence-electron chi connectivity index (χ4n) is 2.26. The van der Waals surface area contributed by atoms with E-state index in [4.69, 9.17) is 0 Å². The van der Waals surface area contributed by atoms with E-state index in [0.717, 1.165) is 23.1 Å². The van der Waals surface area contributed by atoms with Gasteiger partial charge in [0.2, 0.25) is 0 Å². The lowest BCUT2D eigenvalue weighted by Gasteiger charge is -2.26. The SMILES string of the molecule is C=C(CN1CCCCC1)C(=O)c1ccc(Br)cc1.Cl. The third kappa shape index (κ3) is 4.75. The van der Waals surface area contributed by atoms with E-state index < -0.39 is 0 Å². The van der Waals surface area contributed by atoms with E-state index in [-0.39, 0.29) is 18.2 Å². The molecule has 1 heterocycles. The van der Waals surface area contributed by atoms with E-state index in [9.17, 15) is 4.79 Å². The number of ketones is 1. The van der Waals surface area contributed by atoms with Crippen molar-refractivity contribution in [2.45, 2.75) is 19.3 Å². The van der Waals surface area contributed by atoms with Crippen LogP contribution in [0.5, 0.6) is 0 Å². The number of halogens is 2. The van der Waals surface area contributed by atoms with Crippen molar-refractivity contribution >= 4 is 34.1 Å². The van der Waals surface area contributed by atoms with Gasteiger partial charge in [-0.3, -0.25) is 9.69 Å². The zero-order chi connectivity index (χ0) is 13.0. The molecular weight excluding hydrogens is 326 g/mol. The van der Waals surface area contributed by atoms with Crippen molar-refractivity contribution in [1.82, 2.24) is 4.90 Å². The van der Waals surface area contributed by atoms with Gasteiger partial charge in [0.25, 0.3) is 0 Å². The molecule has 0 N–H and O–H groups in total. The summed E-state index contributed by atoms with van der Waals surface area (Å²) in [5.74, 6) is 0.0630. The highest BCUT2D eigenvalue weighted by molar-refractivity contribution is 9.10. The van der Waals surface area contributed by atoms with E-state index in [0.29, 0.717) is 12.1 Å². The summed E-state index contributed by atoms with van der Waals surface area (Å²) in [6.45, 7) is 6.83. The van der Waals surface area contributed by atoms with Crippen LogP contribution >= 0.6 is 28.3 Å². The second kappa shape index (κ2) is 7.83. The van der Waals surface area contributed by atoms with Gasteiger partial charge in [0, 0.05) is 22.2 Å². The largest absolute Gasteiger partial charge is 0.299 e. The summed E-state index contributed by atoms with van der Waals surface area (Å²) in [4.78, 5) is 14.5. The first kappa shape index (κ1) is 16.4. The lowest BCUT2D eigenvalue weighted by Crippen LogP contribution is -2.32. The minimum atomic E-state index is 0. The average Bonchev–Trinajstić information content (AvgIpc) is 2.40. The van der Waals surface area contributed by atoms with Gasteiger partial charge < -0.3 is 0 Å². The maximum atomic E-state index is 12.2. The lowest BCUT2D eigenvalue weighted by atomic mass is 10.0. The van der Waals surface area contributed by atoms with Crippen LogP contribution in [0.25, 0.3) is 0 Å². The summed E-state index contributed by atoms with van der Waals surface area (Å²) in [6.07, 6.45) is 3.78. The van der Waals surface area contributed by atoms with E-state index >= 15 is 0 Å². The van der Waals surface area contributed by atoms with E-state index in [1.54, 1.807) is 0 Å². The first-order valence-electron chi connectivity index (χ1n) is 6.37. The average molecular weight is 345 g/mol. The van der Waals surface area contributed by atoms with Crippen LogP contribution in [0.4, 0.5) is 0 Å². The van der Waals surface area contributed by atoms with Crippen LogP contribution in [-0.4, -0.2) is 30.3 Å². The van der Waals surface area contributed by atoms with Gasteiger partial charge in [-0.1, -0.05) is 28.9 Å². The van der Waals surface area contributed by atoms with Gasteiger partial charge in [0.1, 0.15) is 0 Å². The monoisotopic (exact) mass is 343 g/mol. The molecule has 1 aromatic carbocycles. The van der Waals surface area contributed by atoms with Gasteiger partial charge in [-0.2, -0.15) is 0 Å². The quantitative estimate of drug-likeness (QED) is 0.605. The van der Waals surface area contributed by atoms with Gasteiger partial charge in [-0.05, 0) is 50.2 Å². The molecule has 4 heteroatoms. The maximum Gasteiger partial charge on any atom is 0.189 e. The van der Waals surface area contributed by atoms with Crippen LogP contribution in [0.3, 0.4) is 0 Å². The van der Waals surface area contributed by atoms with Crippen molar-refractivity contribution < 1.29 is 4.79 Å². The number of likely N-dealkylation sites (tertiary alicyclic amines) is 1. The summed E-state index contributed by atoms with van der Waals surface area (Å²) in [5, 5.41) is 0. The van der Waals surface area contributed by atoms with Crippen LogP contribution < -0.4 is 0 Å². The zero-order valence-corrected chi connectivity index (χ0v) is 13.3. The number of hydrogen-bond acceptors (Lipinski definition) is 2. The fraction of sp³-hybridized carbons (Fsp3) is 0.400. The molecule has 1 aromatic rings. The van der Waals surface area contributed by atoms with Gasteiger partial charge in [-0.15, -0.1) is 12.4 Å². The molecule has 1 fully saturated rings. The van der Waals surface area contributed by atoms with E-state index in [1.807, 2.05) is 24.3 Å². The maximum absolute atomic E-state index is 12.2. The first-order chi connectivity index (χ1) is 8.66. The van der Waals surface area contributed by atoms with Crippen LogP contribution in [-0.2, 0) is 0 Å². The van der Waals surface area contributed by atoms with Crippen molar-refractivity contribution in [2.75, 3.05) is 19.6 Å². The highest BCUT2D eigenvalue weighted by atomic mass is 79.9. The van der Waals surface area contributed by atoms with Crippen molar-refractivity contribution in [3.63, 3.8) is 0 Å². The molecule has 0 aromatic heterocycles. The molecule has 0 unspecified atom stereocenters. The number of carbonyl (C=O) groups excluding carboxylic acids is 1. The Morgan fingerprint density at radius 1 is 1.16 bits per heavy atom. The molecule has 0 bridgehead atoms. The van der Waals surface area contributed by atoms with Gasteiger partial charge >= 0.3 is 0 Å². The Morgan fingerprint density at radius 3 is 2.32 bits per heavy atom. The summed E-state index contributed by atoms with van der Waals surface area (Å²) in [5.41, 5.74) is 1.42. The Morgan fingerprint density at radius 2 is 1.74 bits per heavy atom. The van der Waals surface area contributed by atoms with Crippen LogP contribution in [0.15, 0.2) is 40.9 Å². The first-order valence-corrected chi connectivity index (χ1v) is 7.16. The van der Waals surface area contributed by atoms with Crippen molar-refractivity contribution in [3.8, 4) is 0 Å². The number of benzene rings is 1. The van der Waals surface area contributed by atoms with Gasteiger partial charge in [0.15, 0.2) is 5.78 Å². The predicted molar refractivity (Wildman–Crippen MR) is 85.2 cm³/mol. The van der Waals surface area contributed by atoms with Gasteiger partial charge in [-0.25, -0.2) is 0 Å². The Balaban J connectivity index is 0.00000180.